The van der Waals surface area contributed by atoms with Crippen molar-refractivity contribution in [3.8, 4) is 0 Å². The highest BCUT2D eigenvalue weighted by Gasteiger charge is 2.18. The number of fused-ring (bicyclic) bond motifs is 1. The third-order valence-corrected chi connectivity index (χ3v) is 4.20. The molecular formula is C17H26N2O. The maximum Gasteiger partial charge on any atom is 0.239 e. The van der Waals surface area contributed by atoms with Crippen LogP contribution < -0.4 is 10.6 Å². The number of aryl methyl sites for hydroxylation is 1. The summed E-state index contributed by atoms with van der Waals surface area (Å²) in [5, 5.41) is 6.36. The Morgan fingerprint density at radius 2 is 2.00 bits per heavy atom. The highest BCUT2D eigenvalue weighted by Crippen LogP contribution is 2.27. The highest BCUT2D eigenvalue weighted by atomic mass is 16.2. The molecule has 0 spiro atoms. The Hall–Kier alpha value is -1.51. The summed E-state index contributed by atoms with van der Waals surface area (Å²) in [4.78, 5) is 12.0. The normalized spacial score (nSPS) is 14.6. The molecule has 0 saturated carbocycles. The molecule has 2 rings (SSSR count). The van der Waals surface area contributed by atoms with Gasteiger partial charge in [-0.3, -0.25) is 4.79 Å². The smallest absolute Gasteiger partial charge is 0.239 e. The molecule has 0 heterocycles. The van der Waals surface area contributed by atoms with Crippen LogP contribution in [0.25, 0.3) is 0 Å². The summed E-state index contributed by atoms with van der Waals surface area (Å²) >= 11 is 0. The van der Waals surface area contributed by atoms with E-state index >= 15 is 0 Å². The molecule has 1 amide bonds. The van der Waals surface area contributed by atoms with Gasteiger partial charge in [-0.15, -0.1) is 0 Å². The van der Waals surface area contributed by atoms with E-state index in [0.29, 0.717) is 6.54 Å². The number of amides is 1. The van der Waals surface area contributed by atoms with Crippen molar-refractivity contribution in [2.75, 3.05) is 11.9 Å². The van der Waals surface area contributed by atoms with Crippen molar-refractivity contribution < 1.29 is 4.79 Å². The van der Waals surface area contributed by atoms with Gasteiger partial charge in [0, 0.05) is 11.2 Å². The first-order valence-corrected chi connectivity index (χ1v) is 7.67. The molecule has 0 saturated heterocycles. The first-order valence-electron chi connectivity index (χ1n) is 7.67. The van der Waals surface area contributed by atoms with Gasteiger partial charge in [-0.1, -0.05) is 19.1 Å². The van der Waals surface area contributed by atoms with Gasteiger partial charge in [-0.05, 0) is 63.1 Å². The number of rotatable bonds is 5. The Labute approximate surface area is 122 Å². The zero-order chi connectivity index (χ0) is 14.6. The molecule has 3 heteroatoms. The topological polar surface area (TPSA) is 41.1 Å². The van der Waals surface area contributed by atoms with E-state index in [1.165, 1.54) is 30.4 Å². The number of nitrogens with one attached hydrogen (secondary N) is 2. The molecule has 0 fully saturated rings. The summed E-state index contributed by atoms with van der Waals surface area (Å²) in [6, 6.07) is 6.38. The molecule has 0 aliphatic heterocycles. The minimum Gasteiger partial charge on any atom is -0.376 e. The molecule has 1 aliphatic carbocycles. The zero-order valence-corrected chi connectivity index (χ0v) is 12.9. The van der Waals surface area contributed by atoms with Crippen LogP contribution in [0.5, 0.6) is 0 Å². The van der Waals surface area contributed by atoms with Crippen LogP contribution in [0.15, 0.2) is 18.2 Å². The molecular weight excluding hydrogens is 248 g/mol. The van der Waals surface area contributed by atoms with E-state index < -0.39 is 0 Å². The van der Waals surface area contributed by atoms with Gasteiger partial charge in [0.05, 0.1) is 6.54 Å². The molecule has 1 aromatic carbocycles. The SMILES string of the molecule is CCC(C)(C)NC(=O)CNc1cccc2c1CCCC2. The lowest BCUT2D eigenvalue weighted by atomic mass is 9.90. The molecule has 20 heavy (non-hydrogen) atoms. The van der Waals surface area contributed by atoms with E-state index in [-0.39, 0.29) is 11.4 Å². The summed E-state index contributed by atoms with van der Waals surface area (Å²) in [5.74, 6) is 0.0604. The fourth-order valence-corrected chi connectivity index (χ4v) is 2.63. The molecule has 2 N–H and O–H groups in total. The van der Waals surface area contributed by atoms with Crippen molar-refractivity contribution >= 4 is 11.6 Å². The van der Waals surface area contributed by atoms with Crippen LogP contribution >= 0.6 is 0 Å². The Bertz CT molecular complexity index is 480. The average Bonchev–Trinajstić information content (AvgIpc) is 2.44. The third kappa shape index (κ3) is 3.75. The third-order valence-electron chi connectivity index (χ3n) is 4.20. The van der Waals surface area contributed by atoms with Crippen molar-refractivity contribution in [1.29, 1.82) is 0 Å². The molecule has 1 aliphatic rings. The van der Waals surface area contributed by atoms with Gasteiger partial charge < -0.3 is 10.6 Å². The van der Waals surface area contributed by atoms with Gasteiger partial charge in [-0.2, -0.15) is 0 Å². The molecule has 0 radical (unpaired) electrons. The van der Waals surface area contributed by atoms with E-state index in [1.807, 2.05) is 0 Å². The summed E-state index contributed by atoms with van der Waals surface area (Å²) in [6.07, 6.45) is 5.75. The predicted octanol–water partition coefficient (Wildman–Crippen LogP) is 3.28. The molecule has 0 unspecified atom stereocenters. The number of hydrogen-bond acceptors (Lipinski definition) is 2. The average molecular weight is 274 g/mol. The van der Waals surface area contributed by atoms with Gasteiger partial charge in [0.25, 0.3) is 0 Å². The van der Waals surface area contributed by atoms with Gasteiger partial charge in [0.1, 0.15) is 0 Å². The standard InChI is InChI=1S/C17H26N2O/c1-4-17(2,3)19-16(20)12-18-15-11-7-9-13-8-5-6-10-14(13)15/h7,9,11,18H,4-6,8,10,12H2,1-3H3,(H,19,20). The summed E-state index contributed by atoms with van der Waals surface area (Å²) in [7, 11) is 0. The van der Waals surface area contributed by atoms with Crippen LogP contribution in [0.3, 0.4) is 0 Å². The minimum atomic E-state index is -0.130. The van der Waals surface area contributed by atoms with Crippen LogP contribution in [-0.4, -0.2) is 18.0 Å². The fourth-order valence-electron chi connectivity index (χ4n) is 2.63. The van der Waals surface area contributed by atoms with Crippen molar-refractivity contribution in [2.24, 2.45) is 0 Å². The fraction of sp³-hybridized carbons (Fsp3) is 0.588. The van der Waals surface area contributed by atoms with Crippen molar-refractivity contribution in [2.45, 2.75) is 58.4 Å². The van der Waals surface area contributed by atoms with Crippen molar-refractivity contribution in [1.82, 2.24) is 5.32 Å². The van der Waals surface area contributed by atoms with Gasteiger partial charge in [-0.25, -0.2) is 0 Å². The Balaban J connectivity index is 1.96. The minimum absolute atomic E-state index is 0.0604. The van der Waals surface area contributed by atoms with E-state index in [0.717, 1.165) is 18.5 Å². The predicted molar refractivity (Wildman–Crippen MR) is 84.1 cm³/mol. The summed E-state index contributed by atoms with van der Waals surface area (Å²) in [5.41, 5.74) is 3.85. The number of hydrogen-bond donors (Lipinski definition) is 2. The Morgan fingerprint density at radius 3 is 2.75 bits per heavy atom. The van der Waals surface area contributed by atoms with Crippen molar-refractivity contribution in [3.05, 3.63) is 29.3 Å². The Morgan fingerprint density at radius 1 is 1.25 bits per heavy atom. The second kappa shape index (κ2) is 6.29. The van der Waals surface area contributed by atoms with Gasteiger partial charge >= 0.3 is 0 Å². The van der Waals surface area contributed by atoms with Crippen LogP contribution in [0.1, 0.15) is 51.2 Å². The number of anilines is 1. The first kappa shape index (κ1) is 14.9. The maximum atomic E-state index is 12.0. The van der Waals surface area contributed by atoms with Crippen LogP contribution in [-0.2, 0) is 17.6 Å². The monoisotopic (exact) mass is 274 g/mol. The second-order valence-corrected chi connectivity index (χ2v) is 6.29. The number of carbonyl (C=O) groups excluding carboxylic acids is 1. The van der Waals surface area contributed by atoms with E-state index in [2.05, 4.69) is 49.6 Å². The largest absolute Gasteiger partial charge is 0.376 e. The van der Waals surface area contributed by atoms with Gasteiger partial charge in [0.15, 0.2) is 0 Å². The van der Waals surface area contributed by atoms with Crippen LogP contribution in [0.4, 0.5) is 5.69 Å². The molecule has 110 valence electrons. The van der Waals surface area contributed by atoms with Crippen LogP contribution in [0, 0.1) is 0 Å². The molecule has 1 aromatic rings. The first-order chi connectivity index (χ1) is 9.52. The Kier molecular flexibility index (Phi) is 4.69. The number of carbonyl (C=O) groups is 1. The molecule has 3 nitrogen and oxygen atoms in total. The zero-order valence-electron chi connectivity index (χ0n) is 12.9. The summed E-state index contributed by atoms with van der Waals surface area (Å²) in [6.45, 7) is 6.53. The summed E-state index contributed by atoms with van der Waals surface area (Å²) < 4.78 is 0. The van der Waals surface area contributed by atoms with Gasteiger partial charge in [0.2, 0.25) is 5.91 Å². The number of benzene rings is 1. The maximum absolute atomic E-state index is 12.0. The second-order valence-electron chi connectivity index (χ2n) is 6.29. The van der Waals surface area contributed by atoms with E-state index in [1.54, 1.807) is 0 Å². The highest BCUT2D eigenvalue weighted by molar-refractivity contribution is 5.81. The lowest BCUT2D eigenvalue weighted by Crippen LogP contribution is -2.45. The van der Waals surface area contributed by atoms with Crippen LogP contribution in [0.2, 0.25) is 0 Å². The van der Waals surface area contributed by atoms with E-state index in [9.17, 15) is 4.79 Å². The van der Waals surface area contributed by atoms with E-state index in [4.69, 9.17) is 0 Å². The molecule has 0 aromatic heterocycles. The molecule has 0 bridgehead atoms. The lowest BCUT2D eigenvalue weighted by molar-refractivity contribution is -0.121. The quantitative estimate of drug-likeness (QED) is 0.865. The molecule has 0 atom stereocenters. The van der Waals surface area contributed by atoms with Crippen molar-refractivity contribution in [3.63, 3.8) is 0 Å². The lowest BCUT2D eigenvalue weighted by Gasteiger charge is -2.25.